The number of allylic oxidation sites excluding steroid dienone is 1. The first-order chi connectivity index (χ1) is 13.2. The van der Waals surface area contributed by atoms with E-state index in [2.05, 4.69) is 0 Å². The number of amides is 1. The summed E-state index contributed by atoms with van der Waals surface area (Å²) in [6.07, 6.45) is 3.84. The highest BCUT2D eigenvalue weighted by Crippen LogP contribution is 2.29. The minimum atomic E-state index is -0.0986. The number of carbonyl (C=O) groups excluding carboxylic acids is 1. The Hall–Kier alpha value is -2.79. The molecule has 2 aromatic rings. The average molecular weight is 367 g/mol. The van der Waals surface area contributed by atoms with Crippen LogP contribution < -0.4 is 9.47 Å². The Labute approximate surface area is 160 Å². The van der Waals surface area contributed by atoms with Crippen molar-refractivity contribution in [3.63, 3.8) is 0 Å². The molecule has 0 N–H and O–H groups in total. The van der Waals surface area contributed by atoms with Gasteiger partial charge < -0.3 is 19.1 Å². The second-order valence-electron chi connectivity index (χ2n) is 6.31. The zero-order valence-corrected chi connectivity index (χ0v) is 15.8. The van der Waals surface area contributed by atoms with E-state index in [9.17, 15) is 4.79 Å². The number of methoxy groups -OCH3 is 1. The smallest absolute Gasteiger partial charge is 0.260 e. The van der Waals surface area contributed by atoms with E-state index in [-0.39, 0.29) is 18.6 Å². The van der Waals surface area contributed by atoms with Gasteiger partial charge >= 0.3 is 0 Å². The highest BCUT2D eigenvalue weighted by Gasteiger charge is 2.25. The van der Waals surface area contributed by atoms with Crippen LogP contribution in [0.1, 0.15) is 24.2 Å². The van der Waals surface area contributed by atoms with Crippen molar-refractivity contribution in [1.29, 1.82) is 0 Å². The molecule has 1 atom stereocenters. The van der Waals surface area contributed by atoms with Crippen LogP contribution in [0, 0.1) is 0 Å². The van der Waals surface area contributed by atoms with Crippen molar-refractivity contribution in [3.8, 4) is 11.5 Å². The molecule has 0 aromatic heterocycles. The van der Waals surface area contributed by atoms with E-state index in [1.165, 1.54) is 0 Å². The van der Waals surface area contributed by atoms with Crippen LogP contribution in [-0.4, -0.2) is 44.2 Å². The zero-order valence-electron chi connectivity index (χ0n) is 15.8. The van der Waals surface area contributed by atoms with E-state index in [1.807, 2.05) is 67.6 Å². The third kappa shape index (κ3) is 4.89. The molecule has 5 heteroatoms. The van der Waals surface area contributed by atoms with Gasteiger partial charge in [-0.1, -0.05) is 48.6 Å². The molecule has 142 valence electrons. The minimum absolute atomic E-state index is 0.0270. The predicted molar refractivity (Wildman–Crippen MR) is 105 cm³/mol. The molecular formula is C22H25NO4. The summed E-state index contributed by atoms with van der Waals surface area (Å²) in [4.78, 5) is 14.4. The fourth-order valence-corrected chi connectivity index (χ4v) is 3.08. The standard InChI is InChI=1S/C22H25NO4/c1-3-7-17-10-11-19(20(14-17)25-2)27-16-22(24)23-12-13-26-21(15-23)18-8-5-4-6-9-18/h3-11,14,21H,12-13,15-16H2,1-2H3/b7-3+. The van der Waals surface area contributed by atoms with Gasteiger partial charge in [0.05, 0.1) is 20.3 Å². The number of carbonyl (C=O) groups is 1. The molecule has 5 nitrogen and oxygen atoms in total. The van der Waals surface area contributed by atoms with Crippen molar-refractivity contribution in [2.24, 2.45) is 0 Å². The number of benzene rings is 2. The maximum Gasteiger partial charge on any atom is 0.260 e. The molecule has 2 aromatic carbocycles. The van der Waals surface area contributed by atoms with Crippen molar-refractivity contribution in [2.75, 3.05) is 33.4 Å². The summed E-state index contributed by atoms with van der Waals surface area (Å²) >= 11 is 0. The normalized spacial score (nSPS) is 17.1. The number of hydrogen-bond donors (Lipinski definition) is 0. The Kier molecular flexibility index (Phi) is 6.49. The third-order valence-electron chi connectivity index (χ3n) is 4.49. The van der Waals surface area contributed by atoms with Crippen LogP contribution in [0.25, 0.3) is 6.08 Å². The van der Waals surface area contributed by atoms with E-state index >= 15 is 0 Å². The lowest BCUT2D eigenvalue weighted by molar-refractivity contribution is -0.141. The Morgan fingerprint density at radius 3 is 2.78 bits per heavy atom. The molecule has 1 saturated heterocycles. The van der Waals surface area contributed by atoms with Crippen molar-refractivity contribution < 1.29 is 19.0 Å². The zero-order chi connectivity index (χ0) is 19.1. The van der Waals surface area contributed by atoms with Crippen molar-refractivity contribution in [3.05, 3.63) is 65.7 Å². The fraction of sp³-hybridized carbons (Fsp3) is 0.318. The third-order valence-corrected chi connectivity index (χ3v) is 4.49. The monoisotopic (exact) mass is 367 g/mol. The Bertz CT molecular complexity index is 788. The van der Waals surface area contributed by atoms with Crippen LogP contribution in [0.3, 0.4) is 0 Å². The van der Waals surface area contributed by atoms with Gasteiger partial charge in [-0.2, -0.15) is 0 Å². The number of ether oxygens (including phenoxy) is 3. The lowest BCUT2D eigenvalue weighted by atomic mass is 10.1. The largest absolute Gasteiger partial charge is 0.493 e. The van der Waals surface area contributed by atoms with E-state index < -0.39 is 0 Å². The van der Waals surface area contributed by atoms with Gasteiger partial charge in [-0.15, -0.1) is 0 Å². The first-order valence-electron chi connectivity index (χ1n) is 9.09. The molecule has 1 heterocycles. The molecule has 0 radical (unpaired) electrons. The molecular weight excluding hydrogens is 342 g/mol. The highest BCUT2D eigenvalue weighted by molar-refractivity contribution is 5.78. The highest BCUT2D eigenvalue weighted by atomic mass is 16.5. The van der Waals surface area contributed by atoms with Gasteiger partial charge in [-0.25, -0.2) is 0 Å². The van der Waals surface area contributed by atoms with Crippen LogP contribution in [-0.2, 0) is 9.53 Å². The minimum Gasteiger partial charge on any atom is -0.493 e. The molecule has 27 heavy (non-hydrogen) atoms. The fourth-order valence-electron chi connectivity index (χ4n) is 3.08. The predicted octanol–water partition coefficient (Wildman–Crippen LogP) is 3.71. The molecule has 0 spiro atoms. The summed E-state index contributed by atoms with van der Waals surface area (Å²) < 4.78 is 16.9. The Balaban J connectivity index is 1.60. The topological polar surface area (TPSA) is 48.0 Å². The molecule has 0 saturated carbocycles. The summed E-state index contributed by atoms with van der Waals surface area (Å²) in [5.74, 6) is 1.12. The number of rotatable bonds is 6. The molecule has 1 amide bonds. The first kappa shape index (κ1) is 19.0. The van der Waals surface area contributed by atoms with Crippen molar-refractivity contribution >= 4 is 12.0 Å². The van der Waals surface area contributed by atoms with Gasteiger partial charge in [0.1, 0.15) is 6.10 Å². The van der Waals surface area contributed by atoms with Crippen LogP contribution in [0.5, 0.6) is 11.5 Å². The quantitative estimate of drug-likeness (QED) is 0.781. The maximum atomic E-state index is 12.6. The number of nitrogens with zero attached hydrogens (tertiary/aromatic N) is 1. The van der Waals surface area contributed by atoms with Gasteiger partial charge in [0.15, 0.2) is 18.1 Å². The summed E-state index contributed by atoms with van der Waals surface area (Å²) in [7, 11) is 1.59. The van der Waals surface area contributed by atoms with Crippen molar-refractivity contribution in [2.45, 2.75) is 13.0 Å². The second kappa shape index (κ2) is 9.24. The second-order valence-corrected chi connectivity index (χ2v) is 6.31. The first-order valence-corrected chi connectivity index (χ1v) is 9.09. The molecule has 3 rings (SSSR count). The summed E-state index contributed by atoms with van der Waals surface area (Å²) in [6, 6.07) is 15.6. The van der Waals surface area contributed by atoms with Gasteiger partial charge in [-0.3, -0.25) is 4.79 Å². The van der Waals surface area contributed by atoms with Crippen LogP contribution in [0.2, 0.25) is 0 Å². The Morgan fingerprint density at radius 1 is 1.22 bits per heavy atom. The molecule has 1 aliphatic heterocycles. The van der Waals surface area contributed by atoms with Crippen LogP contribution >= 0.6 is 0 Å². The van der Waals surface area contributed by atoms with E-state index in [4.69, 9.17) is 14.2 Å². The van der Waals surface area contributed by atoms with Gasteiger partial charge in [0.2, 0.25) is 0 Å². The SMILES string of the molecule is C/C=C/c1ccc(OCC(=O)N2CCOC(c3ccccc3)C2)c(OC)c1. The van der Waals surface area contributed by atoms with E-state index in [0.29, 0.717) is 31.2 Å². The summed E-state index contributed by atoms with van der Waals surface area (Å²) in [6.45, 7) is 3.56. The van der Waals surface area contributed by atoms with Crippen LogP contribution in [0.4, 0.5) is 0 Å². The lowest BCUT2D eigenvalue weighted by Gasteiger charge is -2.33. The molecule has 1 aliphatic rings. The van der Waals surface area contributed by atoms with E-state index in [1.54, 1.807) is 12.0 Å². The van der Waals surface area contributed by atoms with Crippen molar-refractivity contribution in [1.82, 2.24) is 4.90 Å². The summed E-state index contributed by atoms with van der Waals surface area (Å²) in [5.41, 5.74) is 2.10. The average Bonchev–Trinajstić information content (AvgIpc) is 2.73. The molecule has 1 unspecified atom stereocenters. The maximum absolute atomic E-state index is 12.6. The lowest BCUT2D eigenvalue weighted by Crippen LogP contribution is -2.44. The summed E-state index contributed by atoms with van der Waals surface area (Å²) in [5, 5.41) is 0. The molecule has 0 bridgehead atoms. The molecule has 1 fully saturated rings. The van der Waals surface area contributed by atoms with Gasteiger partial charge in [-0.05, 0) is 30.2 Å². The number of hydrogen-bond acceptors (Lipinski definition) is 4. The molecule has 0 aliphatic carbocycles. The van der Waals surface area contributed by atoms with Crippen LogP contribution in [0.15, 0.2) is 54.6 Å². The Morgan fingerprint density at radius 2 is 2.04 bits per heavy atom. The van der Waals surface area contributed by atoms with E-state index in [0.717, 1.165) is 11.1 Å². The van der Waals surface area contributed by atoms with Gasteiger partial charge in [0.25, 0.3) is 5.91 Å². The number of morpholine rings is 1. The van der Waals surface area contributed by atoms with Gasteiger partial charge in [0, 0.05) is 6.54 Å².